The quantitative estimate of drug-likeness (QED) is 0.859. The summed E-state index contributed by atoms with van der Waals surface area (Å²) in [6.07, 6.45) is 10.6. The van der Waals surface area contributed by atoms with Crippen LogP contribution >= 0.6 is 0 Å². The second-order valence-corrected chi connectivity index (χ2v) is 4.72. The standard InChI is InChI=1S/C14H19N3O/c1-11-6-7-13(16-10-11)17-14(18)15-9-8-12-4-2-3-5-12/h6-10,12H,2-5H2,1H3,(H2,15,16,17,18)/b9-8+. The summed E-state index contributed by atoms with van der Waals surface area (Å²) in [6, 6.07) is 3.45. The number of urea groups is 1. The summed E-state index contributed by atoms with van der Waals surface area (Å²) in [5.74, 6) is 1.19. The first kappa shape index (κ1) is 12.6. The Morgan fingerprint density at radius 1 is 1.39 bits per heavy atom. The van der Waals surface area contributed by atoms with E-state index in [1.807, 2.05) is 13.0 Å². The Balaban J connectivity index is 1.76. The minimum Gasteiger partial charge on any atom is -0.315 e. The molecule has 0 spiro atoms. The van der Waals surface area contributed by atoms with Gasteiger partial charge in [-0.05, 0) is 37.3 Å². The predicted molar refractivity (Wildman–Crippen MR) is 72.2 cm³/mol. The average Bonchev–Trinajstić information content (AvgIpc) is 2.85. The third-order valence-corrected chi connectivity index (χ3v) is 3.14. The van der Waals surface area contributed by atoms with Crippen molar-refractivity contribution in [1.29, 1.82) is 0 Å². The van der Waals surface area contributed by atoms with Gasteiger partial charge in [0.05, 0.1) is 0 Å². The van der Waals surface area contributed by atoms with E-state index in [0.29, 0.717) is 11.7 Å². The molecule has 0 unspecified atom stereocenters. The van der Waals surface area contributed by atoms with Gasteiger partial charge in [-0.15, -0.1) is 0 Å². The second kappa shape index (κ2) is 6.19. The number of allylic oxidation sites excluding steroid dienone is 1. The van der Waals surface area contributed by atoms with Gasteiger partial charge in [-0.3, -0.25) is 5.32 Å². The second-order valence-electron chi connectivity index (χ2n) is 4.72. The number of nitrogens with zero attached hydrogens (tertiary/aromatic N) is 1. The lowest BCUT2D eigenvalue weighted by Gasteiger charge is -2.04. The molecule has 1 heterocycles. The highest BCUT2D eigenvalue weighted by atomic mass is 16.2. The van der Waals surface area contributed by atoms with Gasteiger partial charge in [0.2, 0.25) is 0 Å². The number of carbonyl (C=O) groups excluding carboxylic acids is 1. The molecule has 2 rings (SSSR count). The van der Waals surface area contributed by atoms with Gasteiger partial charge >= 0.3 is 6.03 Å². The number of hydrogen-bond donors (Lipinski definition) is 2. The molecule has 96 valence electrons. The van der Waals surface area contributed by atoms with E-state index in [0.717, 1.165) is 5.56 Å². The number of nitrogens with one attached hydrogen (secondary N) is 2. The summed E-state index contributed by atoms with van der Waals surface area (Å²) in [4.78, 5) is 15.7. The third-order valence-electron chi connectivity index (χ3n) is 3.14. The first-order valence-electron chi connectivity index (χ1n) is 6.41. The van der Waals surface area contributed by atoms with Crippen LogP contribution in [0.15, 0.2) is 30.6 Å². The molecule has 1 aromatic heterocycles. The zero-order valence-corrected chi connectivity index (χ0v) is 10.6. The van der Waals surface area contributed by atoms with E-state index in [4.69, 9.17) is 0 Å². The highest BCUT2D eigenvalue weighted by molar-refractivity contribution is 5.88. The number of hydrogen-bond acceptors (Lipinski definition) is 2. The summed E-state index contributed by atoms with van der Waals surface area (Å²) in [6.45, 7) is 1.96. The number of amides is 2. The fraction of sp³-hybridized carbons (Fsp3) is 0.429. The summed E-state index contributed by atoms with van der Waals surface area (Å²) in [5, 5.41) is 5.38. The minimum absolute atomic E-state index is 0.249. The molecule has 1 aromatic rings. The summed E-state index contributed by atoms with van der Waals surface area (Å²) in [7, 11) is 0. The minimum atomic E-state index is -0.249. The van der Waals surface area contributed by atoms with Crippen molar-refractivity contribution in [2.45, 2.75) is 32.6 Å². The Morgan fingerprint density at radius 2 is 2.17 bits per heavy atom. The maximum atomic E-state index is 11.6. The lowest BCUT2D eigenvalue weighted by molar-refractivity contribution is 0.255. The first-order valence-corrected chi connectivity index (χ1v) is 6.41. The fourth-order valence-electron chi connectivity index (χ4n) is 2.10. The van der Waals surface area contributed by atoms with E-state index >= 15 is 0 Å². The number of carbonyl (C=O) groups is 1. The molecule has 2 amide bonds. The van der Waals surface area contributed by atoms with Crippen molar-refractivity contribution >= 4 is 11.8 Å². The number of aryl methyl sites for hydroxylation is 1. The van der Waals surface area contributed by atoms with Gasteiger partial charge in [-0.1, -0.05) is 25.0 Å². The molecular formula is C14H19N3O. The highest BCUT2D eigenvalue weighted by Crippen LogP contribution is 2.25. The van der Waals surface area contributed by atoms with E-state index in [1.165, 1.54) is 25.7 Å². The van der Waals surface area contributed by atoms with Gasteiger partial charge in [0.15, 0.2) is 0 Å². The SMILES string of the molecule is Cc1ccc(NC(=O)N/C=C/C2CCCC2)nc1. The Morgan fingerprint density at radius 3 is 2.83 bits per heavy atom. The zero-order chi connectivity index (χ0) is 12.8. The first-order chi connectivity index (χ1) is 8.74. The van der Waals surface area contributed by atoms with Crippen LogP contribution in [0.25, 0.3) is 0 Å². The lowest BCUT2D eigenvalue weighted by Crippen LogP contribution is -2.24. The predicted octanol–water partition coefficient (Wildman–Crippen LogP) is 3.22. The van der Waals surface area contributed by atoms with E-state index in [2.05, 4.69) is 21.7 Å². The zero-order valence-electron chi connectivity index (χ0n) is 10.6. The monoisotopic (exact) mass is 245 g/mol. The van der Waals surface area contributed by atoms with E-state index in [-0.39, 0.29) is 6.03 Å². The van der Waals surface area contributed by atoms with Crippen LogP contribution in [0.1, 0.15) is 31.2 Å². The van der Waals surface area contributed by atoms with E-state index < -0.39 is 0 Å². The van der Waals surface area contributed by atoms with Gasteiger partial charge < -0.3 is 5.32 Å². The summed E-state index contributed by atoms with van der Waals surface area (Å²) < 4.78 is 0. The van der Waals surface area contributed by atoms with Crippen molar-refractivity contribution in [2.24, 2.45) is 5.92 Å². The molecule has 0 saturated heterocycles. The van der Waals surface area contributed by atoms with Crippen LogP contribution in [0.5, 0.6) is 0 Å². The van der Waals surface area contributed by atoms with Crippen molar-refractivity contribution in [3.63, 3.8) is 0 Å². The van der Waals surface area contributed by atoms with Crippen molar-refractivity contribution in [2.75, 3.05) is 5.32 Å². The van der Waals surface area contributed by atoms with E-state index in [1.54, 1.807) is 18.5 Å². The van der Waals surface area contributed by atoms with Crippen LogP contribution < -0.4 is 10.6 Å². The Kier molecular flexibility index (Phi) is 4.34. The Hall–Kier alpha value is -1.84. The number of rotatable bonds is 3. The third kappa shape index (κ3) is 3.87. The molecule has 1 aliphatic carbocycles. The maximum absolute atomic E-state index is 11.6. The lowest BCUT2D eigenvalue weighted by atomic mass is 10.1. The van der Waals surface area contributed by atoms with Gasteiger partial charge in [-0.25, -0.2) is 9.78 Å². The molecule has 0 radical (unpaired) electrons. The fourth-order valence-corrected chi connectivity index (χ4v) is 2.10. The smallest absolute Gasteiger partial charge is 0.315 e. The molecule has 1 fully saturated rings. The molecule has 18 heavy (non-hydrogen) atoms. The molecular weight excluding hydrogens is 226 g/mol. The van der Waals surface area contributed by atoms with E-state index in [9.17, 15) is 4.79 Å². The van der Waals surface area contributed by atoms with Crippen molar-refractivity contribution < 1.29 is 4.79 Å². The molecule has 2 N–H and O–H groups in total. The molecule has 0 aromatic carbocycles. The normalized spacial score (nSPS) is 16.1. The summed E-state index contributed by atoms with van der Waals surface area (Å²) in [5.41, 5.74) is 1.07. The Labute approximate surface area is 108 Å². The molecule has 0 bridgehead atoms. The molecule has 1 saturated carbocycles. The maximum Gasteiger partial charge on any atom is 0.324 e. The van der Waals surface area contributed by atoms with Gasteiger partial charge in [0.25, 0.3) is 0 Å². The topological polar surface area (TPSA) is 54.0 Å². The van der Waals surface area contributed by atoms with Crippen molar-refractivity contribution in [1.82, 2.24) is 10.3 Å². The average molecular weight is 245 g/mol. The van der Waals surface area contributed by atoms with Gasteiger partial charge in [-0.2, -0.15) is 0 Å². The molecule has 4 heteroatoms. The van der Waals surface area contributed by atoms with Crippen molar-refractivity contribution in [3.8, 4) is 0 Å². The number of anilines is 1. The molecule has 0 aliphatic heterocycles. The van der Waals surface area contributed by atoms with Crippen LogP contribution in [0.4, 0.5) is 10.6 Å². The molecule has 1 aliphatic rings. The van der Waals surface area contributed by atoms with Crippen LogP contribution in [0.3, 0.4) is 0 Å². The highest BCUT2D eigenvalue weighted by Gasteiger charge is 2.11. The van der Waals surface area contributed by atoms with Crippen LogP contribution in [0, 0.1) is 12.8 Å². The number of pyridine rings is 1. The molecule has 4 nitrogen and oxygen atoms in total. The largest absolute Gasteiger partial charge is 0.324 e. The molecule has 0 atom stereocenters. The van der Waals surface area contributed by atoms with Gasteiger partial charge in [0.1, 0.15) is 5.82 Å². The number of aromatic nitrogens is 1. The van der Waals surface area contributed by atoms with Crippen LogP contribution in [-0.4, -0.2) is 11.0 Å². The Bertz CT molecular complexity index is 419. The summed E-state index contributed by atoms with van der Waals surface area (Å²) >= 11 is 0. The van der Waals surface area contributed by atoms with Gasteiger partial charge in [0, 0.05) is 12.4 Å². The van der Waals surface area contributed by atoms with Crippen molar-refractivity contribution in [3.05, 3.63) is 36.2 Å². The van der Waals surface area contributed by atoms with Crippen LogP contribution in [0.2, 0.25) is 0 Å². The van der Waals surface area contributed by atoms with Crippen LogP contribution in [-0.2, 0) is 0 Å².